The van der Waals surface area contributed by atoms with Crippen LogP contribution < -0.4 is 10.6 Å². The van der Waals surface area contributed by atoms with Crippen LogP contribution in [-0.2, 0) is 25.7 Å². The van der Waals surface area contributed by atoms with E-state index in [9.17, 15) is 24.0 Å². The zero-order valence-electron chi connectivity index (χ0n) is 23.2. The van der Waals surface area contributed by atoms with Crippen LogP contribution in [0, 0.1) is 24.7 Å². The Labute approximate surface area is 234 Å². The summed E-state index contributed by atoms with van der Waals surface area (Å²) in [5.41, 5.74) is 0.836. The average molecular weight is 550 g/mol. The molecule has 214 valence electrons. The van der Waals surface area contributed by atoms with Gasteiger partial charge in [0.2, 0.25) is 17.5 Å². The summed E-state index contributed by atoms with van der Waals surface area (Å²) in [7, 11) is 0. The summed E-state index contributed by atoms with van der Waals surface area (Å²) in [5, 5.41) is 5.43. The SMILES string of the molecule is Cc1cnc(C(=O)C[C@@H](CC2CCCCC2)C(=O)N[C@@H](C[C@@H]2CCCC2=O)C(=O)C(=O)NCc2ccccc2)o1. The second kappa shape index (κ2) is 14.1. The van der Waals surface area contributed by atoms with E-state index in [0.29, 0.717) is 30.9 Å². The Hall–Kier alpha value is -3.62. The third-order valence-corrected chi connectivity index (χ3v) is 8.11. The van der Waals surface area contributed by atoms with E-state index in [2.05, 4.69) is 15.6 Å². The molecule has 1 aromatic carbocycles. The van der Waals surface area contributed by atoms with Gasteiger partial charge >= 0.3 is 0 Å². The van der Waals surface area contributed by atoms with Crippen LogP contribution >= 0.6 is 0 Å². The van der Waals surface area contributed by atoms with Crippen LogP contribution in [0.25, 0.3) is 0 Å². The van der Waals surface area contributed by atoms with Crippen molar-refractivity contribution < 1.29 is 28.4 Å². The molecule has 0 bridgehead atoms. The third kappa shape index (κ3) is 8.19. The van der Waals surface area contributed by atoms with Crippen LogP contribution in [-0.4, -0.2) is 40.2 Å². The minimum absolute atomic E-state index is 0.0385. The molecule has 2 amide bonds. The molecule has 0 unspecified atom stereocenters. The number of benzene rings is 1. The highest BCUT2D eigenvalue weighted by molar-refractivity contribution is 6.38. The van der Waals surface area contributed by atoms with Crippen molar-refractivity contribution in [2.24, 2.45) is 17.8 Å². The molecule has 0 saturated heterocycles. The van der Waals surface area contributed by atoms with E-state index in [0.717, 1.165) is 44.1 Å². The Bertz CT molecular complexity index is 1200. The number of carbonyl (C=O) groups excluding carboxylic acids is 5. The van der Waals surface area contributed by atoms with Gasteiger partial charge in [0.1, 0.15) is 11.5 Å². The van der Waals surface area contributed by atoms with E-state index in [4.69, 9.17) is 4.42 Å². The average Bonchev–Trinajstić information content (AvgIpc) is 3.59. The van der Waals surface area contributed by atoms with Crippen molar-refractivity contribution in [3.05, 3.63) is 53.7 Å². The Kier molecular flexibility index (Phi) is 10.4. The van der Waals surface area contributed by atoms with Gasteiger partial charge in [-0.15, -0.1) is 0 Å². The fourth-order valence-corrected chi connectivity index (χ4v) is 5.87. The molecular formula is C31H39N3O6. The lowest BCUT2D eigenvalue weighted by molar-refractivity contribution is -0.141. The lowest BCUT2D eigenvalue weighted by atomic mass is 9.81. The van der Waals surface area contributed by atoms with E-state index < -0.39 is 29.6 Å². The summed E-state index contributed by atoms with van der Waals surface area (Å²) in [5.74, 6) is -2.71. The molecule has 2 aliphatic carbocycles. The van der Waals surface area contributed by atoms with Gasteiger partial charge in [0.15, 0.2) is 0 Å². The van der Waals surface area contributed by atoms with Gasteiger partial charge in [-0.25, -0.2) is 4.98 Å². The van der Waals surface area contributed by atoms with Gasteiger partial charge in [0.05, 0.1) is 12.2 Å². The Morgan fingerprint density at radius 3 is 2.40 bits per heavy atom. The van der Waals surface area contributed by atoms with Gasteiger partial charge < -0.3 is 15.1 Å². The largest absolute Gasteiger partial charge is 0.439 e. The van der Waals surface area contributed by atoms with E-state index in [1.54, 1.807) is 6.92 Å². The van der Waals surface area contributed by atoms with Gasteiger partial charge in [-0.2, -0.15) is 0 Å². The standard InChI is InChI=1S/C31H39N3O6/c1-20-18-33-31(40-20)27(36)17-24(15-21-9-4-2-5-10-21)29(38)34-25(16-23-13-8-14-26(23)35)28(37)30(39)32-19-22-11-6-3-7-12-22/h3,6-7,11-12,18,21,23-25H,2,4-5,8-10,13-17,19H2,1H3,(H,32,39)(H,34,38)/t23-,24+,25-/m0/s1. The van der Waals surface area contributed by atoms with Crippen LogP contribution in [0.3, 0.4) is 0 Å². The molecular weight excluding hydrogens is 510 g/mol. The number of carbonyl (C=O) groups is 5. The molecule has 2 aliphatic rings. The summed E-state index contributed by atoms with van der Waals surface area (Å²) in [6, 6.07) is 8.06. The predicted octanol–water partition coefficient (Wildman–Crippen LogP) is 4.27. The molecule has 9 heteroatoms. The highest BCUT2D eigenvalue weighted by atomic mass is 16.4. The number of aryl methyl sites for hydroxylation is 1. The molecule has 1 aromatic heterocycles. The first-order chi connectivity index (χ1) is 19.3. The van der Waals surface area contributed by atoms with Crippen LogP contribution in [0.1, 0.15) is 92.6 Å². The number of Topliss-reactive ketones (excluding diaryl/α,β-unsaturated/α-hetero) is 3. The number of oxazole rings is 1. The van der Waals surface area contributed by atoms with Crippen LogP contribution in [0.5, 0.6) is 0 Å². The van der Waals surface area contributed by atoms with E-state index >= 15 is 0 Å². The highest BCUT2D eigenvalue weighted by Crippen LogP contribution is 2.31. The molecule has 1 heterocycles. The second-order valence-corrected chi connectivity index (χ2v) is 11.2. The van der Waals surface area contributed by atoms with E-state index in [-0.39, 0.29) is 42.8 Å². The number of nitrogens with one attached hydrogen (secondary N) is 2. The number of aromatic nitrogens is 1. The van der Waals surface area contributed by atoms with Crippen molar-refractivity contribution in [3.8, 4) is 0 Å². The first kappa shape index (κ1) is 29.4. The summed E-state index contributed by atoms with van der Waals surface area (Å²) >= 11 is 0. The summed E-state index contributed by atoms with van der Waals surface area (Å²) in [6.07, 6.45) is 9.01. The second-order valence-electron chi connectivity index (χ2n) is 11.2. The molecule has 2 aromatic rings. The minimum atomic E-state index is -1.15. The van der Waals surface area contributed by atoms with Crippen molar-refractivity contribution in [3.63, 3.8) is 0 Å². The van der Waals surface area contributed by atoms with Crippen LogP contribution in [0.15, 0.2) is 40.9 Å². The topological polar surface area (TPSA) is 135 Å². The molecule has 40 heavy (non-hydrogen) atoms. The number of rotatable bonds is 13. The number of amides is 2. The number of hydrogen-bond acceptors (Lipinski definition) is 7. The van der Waals surface area contributed by atoms with Crippen molar-refractivity contribution in [1.29, 1.82) is 0 Å². The van der Waals surface area contributed by atoms with Crippen LogP contribution in [0.2, 0.25) is 0 Å². The Morgan fingerprint density at radius 2 is 1.75 bits per heavy atom. The quantitative estimate of drug-likeness (QED) is 0.281. The molecule has 2 fully saturated rings. The number of hydrogen-bond donors (Lipinski definition) is 2. The van der Waals surface area contributed by atoms with Gasteiger partial charge in [-0.3, -0.25) is 24.0 Å². The number of nitrogens with zero attached hydrogens (tertiary/aromatic N) is 1. The maximum absolute atomic E-state index is 13.7. The lowest BCUT2D eigenvalue weighted by Crippen LogP contribution is -2.50. The Morgan fingerprint density at radius 1 is 1.00 bits per heavy atom. The third-order valence-electron chi connectivity index (χ3n) is 8.11. The fraction of sp³-hybridized carbons (Fsp3) is 0.548. The first-order valence-electron chi connectivity index (χ1n) is 14.4. The van der Waals surface area contributed by atoms with Gasteiger partial charge in [-0.05, 0) is 44.1 Å². The molecule has 4 rings (SSSR count). The monoisotopic (exact) mass is 549 g/mol. The molecule has 2 N–H and O–H groups in total. The van der Waals surface area contributed by atoms with Crippen molar-refractivity contribution in [2.45, 2.75) is 90.1 Å². The van der Waals surface area contributed by atoms with Gasteiger partial charge in [-0.1, -0.05) is 62.4 Å². The van der Waals surface area contributed by atoms with E-state index in [1.165, 1.54) is 6.20 Å². The molecule has 9 nitrogen and oxygen atoms in total. The van der Waals surface area contributed by atoms with Gasteiger partial charge in [0.25, 0.3) is 11.8 Å². The first-order valence-corrected chi connectivity index (χ1v) is 14.4. The maximum Gasteiger partial charge on any atom is 0.289 e. The molecule has 2 saturated carbocycles. The highest BCUT2D eigenvalue weighted by Gasteiger charge is 2.36. The van der Waals surface area contributed by atoms with Crippen molar-refractivity contribution in [2.75, 3.05) is 0 Å². The predicted molar refractivity (Wildman–Crippen MR) is 147 cm³/mol. The minimum Gasteiger partial charge on any atom is -0.439 e. The summed E-state index contributed by atoms with van der Waals surface area (Å²) in [4.78, 5) is 69.3. The maximum atomic E-state index is 13.7. The van der Waals surface area contributed by atoms with Crippen LogP contribution in [0.4, 0.5) is 0 Å². The summed E-state index contributed by atoms with van der Waals surface area (Å²) < 4.78 is 5.39. The Balaban J connectivity index is 1.48. The molecule has 0 spiro atoms. The number of ketones is 3. The normalized spacial score (nSPS) is 19.1. The zero-order valence-corrected chi connectivity index (χ0v) is 23.2. The van der Waals surface area contributed by atoms with Crippen molar-refractivity contribution >= 4 is 29.2 Å². The molecule has 0 aliphatic heterocycles. The van der Waals surface area contributed by atoms with Crippen molar-refractivity contribution in [1.82, 2.24) is 15.6 Å². The molecule has 3 atom stereocenters. The van der Waals surface area contributed by atoms with Gasteiger partial charge in [0, 0.05) is 31.2 Å². The fourth-order valence-electron chi connectivity index (χ4n) is 5.87. The molecule has 0 radical (unpaired) electrons. The lowest BCUT2D eigenvalue weighted by Gasteiger charge is -2.27. The zero-order chi connectivity index (χ0) is 28.5. The smallest absolute Gasteiger partial charge is 0.289 e. The summed E-state index contributed by atoms with van der Waals surface area (Å²) in [6.45, 7) is 1.86. The van der Waals surface area contributed by atoms with E-state index in [1.807, 2.05) is 30.3 Å².